The molecule has 0 aliphatic carbocycles. The number of pyridine rings is 1. The van der Waals surface area contributed by atoms with Crippen LogP contribution < -0.4 is 16.4 Å². The molecule has 356 valence electrons. The van der Waals surface area contributed by atoms with E-state index >= 15 is 0 Å². The van der Waals surface area contributed by atoms with Crippen LogP contribution in [0.25, 0.3) is 17.1 Å². The Morgan fingerprint density at radius 1 is 0.971 bits per heavy atom. The second-order valence-electron chi connectivity index (χ2n) is 16.7. The van der Waals surface area contributed by atoms with Gasteiger partial charge in [0, 0.05) is 49.5 Å². The van der Waals surface area contributed by atoms with Crippen LogP contribution in [0.4, 0.5) is 18.9 Å². The van der Waals surface area contributed by atoms with Crippen molar-refractivity contribution < 1.29 is 55.8 Å². The number of hydrogen-bond acceptors (Lipinski definition) is 13. The van der Waals surface area contributed by atoms with E-state index in [1.165, 1.54) is 29.2 Å². The summed E-state index contributed by atoms with van der Waals surface area (Å²) in [5, 5.41) is 9.09. The van der Waals surface area contributed by atoms with Gasteiger partial charge in [-0.15, -0.1) is 0 Å². The zero-order valence-electron chi connectivity index (χ0n) is 36.8. The lowest BCUT2D eigenvalue weighted by Gasteiger charge is -2.35. The fourth-order valence-electron chi connectivity index (χ4n) is 8.54. The molecule has 2 aromatic carbocycles. The number of hydrogen-bond donors (Lipinski definition) is 3. The molecule has 0 spiro atoms. The van der Waals surface area contributed by atoms with Gasteiger partial charge in [-0.3, -0.25) is 48.9 Å². The van der Waals surface area contributed by atoms with Gasteiger partial charge in [-0.25, -0.2) is 9.67 Å². The molecule has 4 N–H and O–H groups in total. The number of nitrogens with one attached hydrogen (secondary N) is 2. The van der Waals surface area contributed by atoms with Gasteiger partial charge in [-0.1, -0.05) is 30.7 Å². The molecule has 6 amide bonds. The fraction of sp³-hybridized carbons (Fsp3) is 0.383. The quantitative estimate of drug-likeness (QED) is 0.0716. The molecule has 21 heteroatoms. The number of amides is 6. The first-order chi connectivity index (χ1) is 32.7. The molecule has 0 radical (unpaired) electrons. The van der Waals surface area contributed by atoms with Crippen LogP contribution in [0, 0.1) is 0 Å². The van der Waals surface area contributed by atoms with Crippen molar-refractivity contribution in [3.8, 4) is 17.1 Å². The number of primary amides is 1. The highest BCUT2D eigenvalue weighted by atomic mass is 19.4. The first kappa shape index (κ1) is 47.4. The van der Waals surface area contributed by atoms with Crippen LogP contribution in [0.5, 0.6) is 0 Å². The summed E-state index contributed by atoms with van der Waals surface area (Å²) in [6.07, 6.45) is 2.56. The molecule has 5 aromatic rings. The Morgan fingerprint density at radius 3 is 2.57 bits per heavy atom. The van der Waals surface area contributed by atoms with Crippen LogP contribution in [0.1, 0.15) is 103 Å². The number of aromatic nitrogens is 4. The van der Waals surface area contributed by atoms with Crippen molar-refractivity contribution in [3.05, 3.63) is 113 Å². The van der Waals surface area contributed by atoms with Crippen LogP contribution in [0.3, 0.4) is 0 Å². The molecule has 0 saturated carbocycles. The van der Waals surface area contributed by atoms with E-state index in [0.717, 1.165) is 49.1 Å². The van der Waals surface area contributed by atoms with Crippen molar-refractivity contribution in [1.82, 2.24) is 34.9 Å². The van der Waals surface area contributed by atoms with E-state index in [0.29, 0.717) is 61.6 Å². The first-order valence-corrected chi connectivity index (χ1v) is 22.2. The normalized spacial score (nSPS) is 17.7. The maximum Gasteiger partial charge on any atom is 0.389 e. The molecule has 2 unspecified atom stereocenters. The van der Waals surface area contributed by atoms with Gasteiger partial charge in [-0.05, 0) is 86.5 Å². The summed E-state index contributed by atoms with van der Waals surface area (Å²) in [6.45, 7) is 3.48. The largest absolute Gasteiger partial charge is 0.444 e. The zero-order valence-corrected chi connectivity index (χ0v) is 36.8. The molecule has 2 atom stereocenters. The van der Waals surface area contributed by atoms with Crippen molar-refractivity contribution in [1.29, 1.82) is 0 Å². The lowest BCUT2D eigenvalue weighted by molar-refractivity contribution is -0.136. The van der Waals surface area contributed by atoms with Gasteiger partial charge in [-0.2, -0.15) is 18.3 Å². The van der Waals surface area contributed by atoms with E-state index in [4.69, 9.17) is 19.6 Å². The van der Waals surface area contributed by atoms with E-state index in [9.17, 15) is 41.9 Å². The summed E-state index contributed by atoms with van der Waals surface area (Å²) in [5.41, 5.74) is 8.53. The Balaban J connectivity index is 0.782. The number of oxazole rings is 1. The average Bonchev–Trinajstić information content (AvgIpc) is 4.05. The van der Waals surface area contributed by atoms with Gasteiger partial charge < -0.3 is 24.9 Å². The van der Waals surface area contributed by atoms with Crippen molar-refractivity contribution >= 4 is 41.1 Å². The molecule has 6 heterocycles. The number of carbonyl (C=O) groups is 6. The Bertz CT molecular complexity index is 2700. The highest BCUT2D eigenvalue weighted by molar-refractivity contribution is 6.24. The minimum absolute atomic E-state index is 0.00898. The van der Waals surface area contributed by atoms with E-state index in [1.54, 1.807) is 24.3 Å². The number of likely N-dealkylation sites (tertiary alicyclic amines) is 1. The summed E-state index contributed by atoms with van der Waals surface area (Å²) < 4.78 is 57.2. The predicted octanol–water partition coefficient (Wildman–Crippen LogP) is 5.19. The molecule has 3 aliphatic rings. The summed E-state index contributed by atoms with van der Waals surface area (Å²) >= 11 is 0. The van der Waals surface area contributed by atoms with Crippen molar-refractivity contribution in [2.24, 2.45) is 5.73 Å². The first-order valence-electron chi connectivity index (χ1n) is 22.2. The molecular weight excluding hydrogens is 892 g/mol. The van der Waals surface area contributed by atoms with Gasteiger partial charge >= 0.3 is 6.18 Å². The van der Waals surface area contributed by atoms with Gasteiger partial charge in [0.1, 0.15) is 12.3 Å². The van der Waals surface area contributed by atoms with Crippen LogP contribution in [0.15, 0.2) is 77.7 Å². The average molecular weight is 940 g/mol. The van der Waals surface area contributed by atoms with E-state index in [2.05, 4.69) is 30.6 Å². The highest BCUT2D eigenvalue weighted by Crippen LogP contribution is 2.31. The number of nitrogens with two attached hydrogens (primary N) is 1. The zero-order chi connectivity index (χ0) is 48.0. The smallest absolute Gasteiger partial charge is 0.389 e. The predicted molar refractivity (Wildman–Crippen MR) is 235 cm³/mol. The number of carbonyl (C=O) groups excluding carboxylic acids is 6. The van der Waals surface area contributed by atoms with Crippen LogP contribution in [-0.4, -0.2) is 116 Å². The Labute approximate surface area is 387 Å². The SMILES string of the molecule is NC(=O)c1nn(-c2ccc(COCC3CCCCN3CCOCCCc3cccc4c3C(=O)N(C3CCC(=O)NC3=O)C4=O)cc2)cc1NC(=O)c1coc(-c2ccnc(CCC(F)(F)F)c2)n1. The summed E-state index contributed by atoms with van der Waals surface area (Å²) in [7, 11) is 0. The minimum Gasteiger partial charge on any atom is -0.444 e. The minimum atomic E-state index is -4.34. The van der Waals surface area contributed by atoms with Gasteiger partial charge in [0.05, 0.1) is 48.5 Å². The van der Waals surface area contributed by atoms with Gasteiger partial charge in [0.15, 0.2) is 11.4 Å². The number of benzene rings is 2. The summed E-state index contributed by atoms with van der Waals surface area (Å²) in [4.78, 5) is 87.7. The number of halogens is 3. The molecular formula is C47H48F3N9O9. The number of piperidine rings is 2. The highest BCUT2D eigenvalue weighted by Gasteiger charge is 2.45. The second kappa shape index (κ2) is 20.8. The maximum atomic E-state index is 13.4. The lowest BCUT2D eigenvalue weighted by atomic mass is 9.99. The number of fused-ring (bicyclic) bond motifs is 1. The van der Waals surface area contributed by atoms with Crippen LogP contribution in [-0.2, 0) is 38.5 Å². The molecule has 8 rings (SSSR count). The lowest BCUT2D eigenvalue weighted by Crippen LogP contribution is -2.54. The number of aryl methyl sites for hydroxylation is 2. The van der Waals surface area contributed by atoms with E-state index in [1.807, 2.05) is 18.2 Å². The van der Waals surface area contributed by atoms with Crippen molar-refractivity contribution in [2.75, 3.05) is 38.2 Å². The van der Waals surface area contributed by atoms with E-state index in [-0.39, 0.29) is 59.5 Å². The molecule has 3 aliphatic heterocycles. The monoisotopic (exact) mass is 939 g/mol. The molecule has 2 fully saturated rings. The third-order valence-electron chi connectivity index (χ3n) is 12.0. The number of ether oxygens (including phenoxy) is 2. The summed E-state index contributed by atoms with van der Waals surface area (Å²) in [5.74, 6) is -3.74. The van der Waals surface area contributed by atoms with Crippen molar-refractivity contribution in [3.63, 3.8) is 0 Å². The molecule has 3 aromatic heterocycles. The van der Waals surface area contributed by atoms with Crippen LogP contribution >= 0.6 is 0 Å². The van der Waals surface area contributed by atoms with Gasteiger partial charge in [0.2, 0.25) is 17.7 Å². The number of rotatable bonds is 19. The Hall–Kier alpha value is -7.10. The number of anilines is 1. The Morgan fingerprint density at radius 2 is 1.79 bits per heavy atom. The fourth-order valence-corrected chi connectivity index (χ4v) is 8.54. The van der Waals surface area contributed by atoms with Crippen LogP contribution in [0.2, 0.25) is 0 Å². The number of alkyl halides is 3. The molecule has 2 saturated heterocycles. The van der Waals surface area contributed by atoms with E-state index < -0.39 is 54.1 Å². The summed E-state index contributed by atoms with van der Waals surface area (Å²) in [6, 6.07) is 14.5. The third-order valence-corrected chi connectivity index (χ3v) is 12.0. The molecule has 68 heavy (non-hydrogen) atoms. The second-order valence-corrected chi connectivity index (χ2v) is 16.7. The maximum absolute atomic E-state index is 13.4. The topological polar surface area (TPSA) is 234 Å². The number of imide groups is 2. The third kappa shape index (κ3) is 11.2. The molecule has 18 nitrogen and oxygen atoms in total. The Kier molecular flexibility index (Phi) is 14.5. The van der Waals surface area contributed by atoms with Gasteiger partial charge in [0.25, 0.3) is 23.6 Å². The number of nitrogens with zero attached hydrogens (tertiary/aromatic N) is 6. The standard InChI is InChI=1S/C47H48F3N9O9/c48-47(49,50)17-15-31-23-30(16-18-52-31)44-54-36(27-68-44)42(62)53-35-24-58(56-40(35)41(51)61)32-11-9-28(10-12-32)25-67-26-33-7-1-2-19-57(33)20-22-66-21-4-6-29-5-3-8-34-39(29)46(65)59(45(34)64)37-13-14-38(60)55-43(37)63/h3,5,8-12,16,18,23-24,27,33,37H,1-2,4,6-7,13-15,17,19-22,25-26H2,(H2,51,61)(H,53,62)(H,55,60,63). The van der Waals surface area contributed by atoms with Crippen molar-refractivity contribution in [2.45, 2.75) is 82.7 Å². The molecule has 0 bridgehead atoms.